The number of Topliss-reactive ketones (excluding diaryl/α,β-unsaturated/α-hetero) is 1. The Balaban J connectivity index is 1.46. The quantitative estimate of drug-likeness (QED) is 0.784. The Morgan fingerprint density at radius 3 is 2.60 bits per heavy atom. The van der Waals surface area contributed by atoms with Crippen molar-refractivity contribution in [2.24, 2.45) is 0 Å². The first-order valence-electron chi connectivity index (χ1n) is 8.07. The number of rotatable bonds is 7. The maximum absolute atomic E-state index is 11.9. The van der Waals surface area contributed by atoms with Crippen LogP contribution in [0.25, 0.3) is 0 Å². The van der Waals surface area contributed by atoms with Crippen LogP contribution in [0.3, 0.4) is 0 Å². The first-order valence-corrected chi connectivity index (χ1v) is 8.07. The van der Waals surface area contributed by atoms with Gasteiger partial charge in [0.2, 0.25) is 6.79 Å². The summed E-state index contributed by atoms with van der Waals surface area (Å²) in [7, 11) is 0. The van der Waals surface area contributed by atoms with Crippen LogP contribution < -0.4 is 19.5 Å². The molecule has 0 saturated carbocycles. The fourth-order valence-corrected chi connectivity index (χ4v) is 2.39. The van der Waals surface area contributed by atoms with Crippen molar-refractivity contribution in [3.63, 3.8) is 0 Å². The van der Waals surface area contributed by atoms with E-state index in [0.29, 0.717) is 35.8 Å². The third-order valence-corrected chi connectivity index (χ3v) is 3.79. The highest BCUT2D eigenvalue weighted by Crippen LogP contribution is 2.32. The fraction of sp³-hybridized carbons (Fsp3) is 0.263. The van der Waals surface area contributed by atoms with Crippen molar-refractivity contribution < 1.29 is 23.8 Å². The number of carbonyl (C=O) groups excluding carboxylic acids is 2. The second-order valence-corrected chi connectivity index (χ2v) is 5.55. The smallest absolute Gasteiger partial charge is 0.258 e. The first-order chi connectivity index (χ1) is 12.2. The summed E-state index contributed by atoms with van der Waals surface area (Å²) in [5, 5.41) is 2.78. The van der Waals surface area contributed by atoms with Crippen molar-refractivity contribution in [3.05, 3.63) is 53.6 Å². The maximum atomic E-state index is 11.9. The molecular weight excluding hydrogens is 322 g/mol. The van der Waals surface area contributed by atoms with Crippen molar-refractivity contribution in [2.45, 2.75) is 19.9 Å². The Morgan fingerprint density at radius 1 is 1.08 bits per heavy atom. The number of hydrogen-bond donors (Lipinski definition) is 1. The highest BCUT2D eigenvalue weighted by Gasteiger charge is 2.13. The van der Waals surface area contributed by atoms with Crippen molar-refractivity contribution in [3.8, 4) is 17.2 Å². The summed E-state index contributed by atoms with van der Waals surface area (Å²) in [5.74, 6) is 1.79. The van der Waals surface area contributed by atoms with Crippen molar-refractivity contribution in [1.82, 2.24) is 5.32 Å². The molecular formula is C19H19NO5. The van der Waals surface area contributed by atoms with Crippen molar-refractivity contribution in [1.29, 1.82) is 0 Å². The van der Waals surface area contributed by atoms with Gasteiger partial charge in [0.05, 0.1) is 0 Å². The SMILES string of the molecule is CCC(=O)c1ccc(OCC(=O)NCc2ccc3c(c2)OCO3)cc1. The van der Waals surface area contributed by atoms with E-state index in [2.05, 4.69) is 5.32 Å². The van der Waals surface area contributed by atoms with Crippen LogP contribution in [-0.2, 0) is 11.3 Å². The number of ketones is 1. The summed E-state index contributed by atoms with van der Waals surface area (Å²) >= 11 is 0. The normalized spacial score (nSPS) is 11.9. The Morgan fingerprint density at radius 2 is 1.84 bits per heavy atom. The highest BCUT2D eigenvalue weighted by atomic mass is 16.7. The number of nitrogens with one attached hydrogen (secondary N) is 1. The second-order valence-electron chi connectivity index (χ2n) is 5.55. The van der Waals surface area contributed by atoms with Gasteiger partial charge in [-0.1, -0.05) is 13.0 Å². The summed E-state index contributed by atoms with van der Waals surface area (Å²) in [6.07, 6.45) is 0.461. The molecule has 0 atom stereocenters. The number of ether oxygens (including phenoxy) is 3. The van der Waals surface area contributed by atoms with Gasteiger partial charge < -0.3 is 19.5 Å². The van der Waals surface area contributed by atoms with E-state index in [1.165, 1.54) is 0 Å². The number of fused-ring (bicyclic) bond motifs is 1. The lowest BCUT2D eigenvalue weighted by atomic mass is 10.1. The first kappa shape index (κ1) is 16.8. The molecule has 0 bridgehead atoms. The van der Waals surface area contributed by atoms with E-state index in [1.54, 1.807) is 24.3 Å². The molecule has 1 aliphatic heterocycles. The van der Waals surface area contributed by atoms with Crippen LogP contribution in [0.15, 0.2) is 42.5 Å². The molecule has 0 spiro atoms. The predicted octanol–water partition coefficient (Wildman–Crippen LogP) is 2.70. The van der Waals surface area contributed by atoms with Crippen LogP contribution in [0.5, 0.6) is 17.2 Å². The van der Waals surface area contributed by atoms with Crippen LogP contribution in [0.1, 0.15) is 29.3 Å². The van der Waals surface area contributed by atoms with E-state index in [1.807, 2.05) is 25.1 Å². The van der Waals surface area contributed by atoms with Gasteiger partial charge in [0.25, 0.3) is 5.91 Å². The minimum Gasteiger partial charge on any atom is -0.484 e. The standard InChI is InChI=1S/C19H19NO5/c1-2-16(21)14-4-6-15(7-5-14)23-11-19(22)20-10-13-3-8-17-18(9-13)25-12-24-17/h3-9H,2,10-12H2,1H3,(H,20,22). The van der Waals surface area contributed by atoms with Gasteiger partial charge in [0, 0.05) is 18.5 Å². The lowest BCUT2D eigenvalue weighted by Gasteiger charge is -2.08. The molecule has 2 aromatic rings. The van der Waals surface area contributed by atoms with Gasteiger partial charge in [0.15, 0.2) is 23.9 Å². The molecule has 1 aliphatic rings. The van der Waals surface area contributed by atoms with Gasteiger partial charge >= 0.3 is 0 Å². The van der Waals surface area contributed by atoms with Crippen LogP contribution >= 0.6 is 0 Å². The molecule has 1 heterocycles. The number of benzene rings is 2. The summed E-state index contributed by atoms with van der Waals surface area (Å²) in [6, 6.07) is 12.3. The summed E-state index contributed by atoms with van der Waals surface area (Å²) in [6.45, 7) is 2.33. The zero-order valence-electron chi connectivity index (χ0n) is 13.9. The van der Waals surface area contributed by atoms with Crippen LogP contribution in [0.4, 0.5) is 0 Å². The lowest BCUT2D eigenvalue weighted by molar-refractivity contribution is -0.123. The van der Waals surface area contributed by atoms with Crippen LogP contribution in [0.2, 0.25) is 0 Å². The molecule has 0 saturated heterocycles. The van der Waals surface area contributed by atoms with Gasteiger partial charge in [-0.25, -0.2) is 0 Å². The predicted molar refractivity (Wildman–Crippen MR) is 91.0 cm³/mol. The van der Waals surface area contributed by atoms with Gasteiger partial charge in [-0.2, -0.15) is 0 Å². The van der Waals surface area contributed by atoms with E-state index in [4.69, 9.17) is 14.2 Å². The molecule has 0 aromatic heterocycles. The van der Waals surface area contributed by atoms with Gasteiger partial charge in [0.1, 0.15) is 5.75 Å². The van der Waals surface area contributed by atoms with E-state index < -0.39 is 0 Å². The van der Waals surface area contributed by atoms with Crippen molar-refractivity contribution in [2.75, 3.05) is 13.4 Å². The Kier molecular flexibility index (Phi) is 5.18. The molecule has 1 amide bonds. The van der Waals surface area contributed by atoms with E-state index in [0.717, 1.165) is 5.56 Å². The molecule has 0 unspecified atom stereocenters. The van der Waals surface area contributed by atoms with E-state index in [-0.39, 0.29) is 25.1 Å². The average Bonchev–Trinajstić information content (AvgIpc) is 3.12. The van der Waals surface area contributed by atoms with Crippen LogP contribution in [-0.4, -0.2) is 25.1 Å². The van der Waals surface area contributed by atoms with E-state index in [9.17, 15) is 9.59 Å². The molecule has 0 fully saturated rings. The number of carbonyl (C=O) groups is 2. The monoisotopic (exact) mass is 341 g/mol. The second kappa shape index (κ2) is 7.70. The number of hydrogen-bond acceptors (Lipinski definition) is 5. The largest absolute Gasteiger partial charge is 0.484 e. The van der Waals surface area contributed by atoms with Gasteiger partial charge in [-0.05, 0) is 42.0 Å². The maximum Gasteiger partial charge on any atom is 0.258 e. The molecule has 130 valence electrons. The molecule has 6 nitrogen and oxygen atoms in total. The molecule has 2 aromatic carbocycles. The highest BCUT2D eigenvalue weighted by molar-refractivity contribution is 5.95. The Labute approximate surface area is 145 Å². The van der Waals surface area contributed by atoms with E-state index >= 15 is 0 Å². The number of amides is 1. The van der Waals surface area contributed by atoms with Gasteiger partial charge in [-0.15, -0.1) is 0 Å². The van der Waals surface area contributed by atoms with Crippen molar-refractivity contribution >= 4 is 11.7 Å². The summed E-state index contributed by atoms with van der Waals surface area (Å²) in [5.41, 5.74) is 1.56. The molecule has 0 aliphatic carbocycles. The zero-order valence-corrected chi connectivity index (χ0v) is 13.9. The topological polar surface area (TPSA) is 73.9 Å². The third kappa shape index (κ3) is 4.29. The molecule has 3 rings (SSSR count). The molecule has 6 heteroatoms. The zero-order chi connectivity index (χ0) is 17.6. The van der Waals surface area contributed by atoms with Gasteiger partial charge in [-0.3, -0.25) is 9.59 Å². The lowest BCUT2D eigenvalue weighted by Crippen LogP contribution is -2.28. The van der Waals surface area contributed by atoms with Crippen LogP contribution in [0, 0.1) is 0 Å². The Hall–Kier alpha value is -3.02. The summed E-state index contributed by atoms with van der Waals surface area (Å²) in [4.78, 5) is 23.5. The summed E-state index contributed by atoms with van der Waals surface area (Å²) < 4.78 is 16.0. The molecule has 1 N–H and O–H groups in total. The molecule has 0 radical (unpaired) electrons. The Bertz CT molecular complexity index is 770. The fourth-order valence-electron chi connectivity index (χ4n) is 2.39. The molecule has 25 heavy (non-hydrogen) atoms. The third-order valence-electron chi connectivity index (χ3n) is 3.79. The average molecular weight is 341 g/mol. The minimum atomic E-state index is -0.230. The minimum absolute atomic E-state index is 0.0769.